The molecule has 0 saturated carbocycles. The van der Waals surface area contributed by atoms with Gasteiger partial charge in [-0.1, -0.05) is 42.0 Å². The normalized spacial score (nSPS) is 10.2. The standard InChI is InChI=1S/C14H13NO2/c1-11-7-8-14(15(16)17)13(9-11)10-12-5-3-2-4-6-12/h2-9H,10H2,1H3. The summed E-state index contributed by atoms with van der Waals surface area (Å²) in [5.41, 5.74) is 3.09. The van der Waals surface area contributed by atoms with Crippen molar-refractivity contribution in [2.75, 3.05) is 0 Å². The highest BCUT2D eigenvalue weighted by Crippen LogP contribution is 2.22. The fourth-order valence-electron chi connectivity index (χ4n) is 1.85. The maximum atomic E-state index is 10.9. The molecule has 0 spiro atoms. The fourth-order valence-corrected chi connectivity index (χ4v) is 1.85. The molecule has 0 atom stereocenters. The molecule has 2 aromatic rings. The van der Waals surface area contributed by atoms with Crippen LogP contribution in [0.15, 0.2) is 48.5 Å². The summed E-state index contributed by atoms with van der Waals surface area (Å²) >= 11 is 0. The van der Waals surface area contributed by atoms with Crippen LogP contribution in [0.25, 0.3) is 0 Å². The topological polar surface area (TPSA) is 43.1 Å². The van der Waals surface area contributed by atoms with Crippen LogP contribution in [0.1, 0.15) is 16.7 Å². The number of hydrogen-bond acceptors (Lipinski definition) is 2. The highest BCUT2D eigenvalue weighted by atomic mass is 16.6. The van der Waals surface area contributed by atoms with Crippen LogP contribution in [0.2, 0.25) is 0 Å². The zero-order valence-electron chi connectivity index (χ0n) is 9.59. The van der Waals surface area contributed by atoms with Crippen LogP contribution in [-0.4, -0.2) is 4.92 Å². The second-order valence-corrected chi connectivity index (χ2v) is 4.05. The first-order valence-corrected chi connectivity index (χ1v) is 5.44. The lowest BCUT2D eigenvalue weighted by molar-refractivity contribution is -0.385. The lowest BCUT2D eigenvalue weighted by Crippen LogP contribution is -1.97. The van der Waals surface area contributed by atoms with Gasteiger partial charge in [0.05, 0.1) is 4.92 Å². The minimum absolute atomic E-state index is 0.194. The third-order valence-electron chi connectivity index (χ3n) is 2.67. The van der Waals surface area contributed by atoms with Gasteiger partial charge in [-0.15, -0.1) is 0 Å². The smallest absolute Gasteiger partial charge is 0.258 e. The largest absolute Gasteiger partial charge is 0.272 e. The van der Waals surface area contributed by atoms with E-state index in [1.54, 1.807) is 12.1 Å². The second kappa shape index (κ2) is 4.78. The number of benzene rings is 2. The van der Waals surface area contributed by atoms with Crippen molar-refractivity contribution in [3.63, 3.8) is 0 Å². The Balaban J connectivity index is 2.37. The van der Waals surface area contributed by atoms with E-state index in [9.17, 15) is 10.1 Å². The molecule has 0 fully saturated rings. The first-order chi connectivity index (χ1) is 8.16. The van der Waals surface area contributed by atoms with Crippen molar-refractivity contribution < 1.29 is 4.92 Å². The highest BCUT2D eigenvalue weighted by Gasteiger charge is 2.13. The molecule has 86 valence electrons. The Labute approximate surface area is 99.9 Å². The molecular weight excluding hydrogens is 214 g/mol. The van der Waals surface area contributed by atoms with Crippen molar-refractivity contribution in [3.8, 4) is 0 Å². The Kier molecular flexibility index (Phi) is 3.19. The molecule has 0 heterocycles. The van der Waals surface area contributed by atoms with Crippen LogP contribution in [0, 0.1) is 17.0 Å². The molecule has 0 saturated heterocycles. The summed E-state index contributed by atoms with van der Waals surface area (Å²) in [5.74, 6) is 0. The van der Waals surface area contributed by atoms with Crippen LogP contribution in [0.5, 0.6) is 0 Å². The van der Waals surface area contributed by atoms with Gasteiger partial charge in [0.1, 0.15) is 0 Å². The third kappa shape index (κ3) is 2.69. The van der Waals surface area contributed by atoms with Gasteiger partial charge in [-0.25, -0.2) is 0 Å². The number of rotatable bonds is 3. The molecule has 0 aliphatic carbocycles. The average molecular weight is 227 g/mol. The first-order valence-electron chi connectivity index (χ1n) is 5.44. The SMILES string of the molecule is Cc1ccc([N+](=O)[O-])c(Cc2ccccc2)c1. The first kappa shape index (κ1) is 11.3. The Bertz CT molecular complexity index is 535. The van der Waals surface area contributed by atoms with Crippen LogP contribution in [0.3, 0.4) is 0 Å². The van der Waals surface area contributed by atoms with Crippen molar-refractivity contribution >= 4 is 5.69 Å². The van der Waals surface area contributed by atoms with E-state index in [1.165, 1.54) is 0 Å². The molecule has 3 nitrogen and oxygen atoms in total. The monoisotopic (exact) mass is 227 g/mol. The Hall–Kier alpha value is -2.16. The number of aryl methyl sites for hydroxylation is 1. The molecule has 0 N–H and O–H groups in total. The molecule has 2 rings (SSSR count). The van der Waals surface area contributed by atoms with E-state index in [0.717, 1.165) is 16.7 Å². The molecule has 0 aliphatic rings. The lowest BCUT2D eigenvalue weighted by Gasteiger charge is -2.04. The van der Waals surface area contributed by atoms with Crippen LogP contribution in [-0.2, 0) is 6.42 Å². The number of hydrogen-bond donors (Lipinski definition) is 0. The minimum Gasteiger partial charge on any atom is -0.258 e. The summed E-state index contributed by atoms with van der Waals surface area (Å²) in [6.45, 7) is 1.94. The van der Waals surface area contributed by atoms with Gasteiger partial charge in [0, 0.05) is 18.1 Å². The van der Waals surface area contributed by atoms with Gasteiger partial charge < -0.3 is 0 Å². The average Bonchev–Trinajstić information content (AvgIpc) is 2.30. The van der Waals surface area contributed by atoms with E-state index in [1.807, 2.05) is 43.3 Å². The predicted octanol–water partition coefficient (Wildman–Crippen LogP) is 3.49. The van der Waals surface area contributed by atoms with Gasteiger partial charge in [0.25, 0.3) is 5.69 Å². The molecule has 0 aromatic heterocycles. The quantitative estimate of drug-likeness (QED) is 0.595. The zero-order chi connectivity index (χ0) is 12.3. The summed E-state index contributed by atoms with van der Waals surface area (Å²) in [7, 11) is 0. The lowest BCUT2D eigenvalue weighted by atomic mass is 10.0. The highest BCUT2D eigenvalue weighted by molar-refractivity contribution is 5.45. The maximum absolute atomic E-state index is 10.9. The maximum Gasteiger partial charge on any atom is 0.272 e. The van der Waals surface area contributed by atoms with Gasteiger partial charge in [-0.2, -0.15) is 0 Å². The molecule has 0 amide bonds. The summed E-state index contributed by atoms with van der Waals surface area (Å²) < 4.78 is 0. The molecule has 0 bridgehead atoms. The van der Waals surface area contributed by atoms with E-state index in [0.29, 0.717) is 6.42 Å². The predicted molar refractivity (Wildman–Crippen MR) is 67.1 cm³/mol. The van der Waals surface area contributed by atoms with E-state index in [4.69, 9.17) is 0 Å². The van der Waals surface area contributed by atoms with Gasteiger partial charge in [-0.3, -0.25) is 10.1 Å². The molecule has 0 radical (unpaired) electrons. The van der Waals surface area contributed by atoms with Crippen molar-refractivity contribution in [2.45, 2.75) is 13.3 Å². The molecule has 0 aliphatic heterocycles. The summed E-state index contributed by atoms with van der Waals surface area (Å²) in [6, 6.07) is 15.0. The van der Waals surface area contributed by atoms with Gasteiger partial charge in [0.2, 0.25) is 0 Å². The van der Waals surface area contributed by atoms with Gasteiger partial charge in [0.15, 0.2) is 0 Å². The molecule has 3 heteroatoms. The number of nitro benzene ring substituents is 1. The Morgan fingerprint density at radius 2 is 1.82 bits per heavy atom. The van der Waals surface area contributed by atoms with E-state index in [2.05, 4.69) is 0 Å². The fraction of sp³-hybridized carbons (Fsp3) is 0.143. The van der Waals surface area contributed by atoms with E-state index >= 15 is 0 Å². The Morgan fingerprint density at radius 3 is 2.47 bits per heavy atom. The van der Waals surface area contributed by atoms with E-state index in [-0.39, 0.29) is 10.6 Å². The second-order valence-electron chi connectivity index (χ2n) is 4.05. The zero-order valence-corrected chi connectivity index (χ0v) is 9.59. The molecule has 0 unspecified atom stereocenters. The minimum atomic E-state index is -0.322. The molecule has 2 aromatic carbocycles. The Morgan fingerprint density at radius 1 is 1.12 bits per heavy atom. The van der Waals surface area contributed by atoms with Gasteiger partial charge >= 0.3 is 0 Å². The van der Waals surface area contributed by atoms with Crippen molar-refractivity contribution in [1.82, 2.24) is 0 Å². The molecular formula is C14H13NO2. The number of nitrogens with zero attached hydrogens (tertiary/aromatic N) is 1. The summed E-state index contributed by atoms with van der Waals surface area (Å²) in [6.07, 6.45) is 0.596. The molecule has 17 heavy (non-hydrogen) atoms. The van der Waals surface area contributed by atoms with E-state index < -0.39 is 0 Å². The van der Waals surface area contributed by atoms with Crippen molar-refractivity contribution in [1.29, 1.82) is 0 Å². The number of nitro groups is 1. The van der Waals surface area contributed by atoms with Gasteiger partial charge in [-0.05, 0) is 18.6 Å². The van der Waals surface area contributed by atoms with Crippen molar-refractivity contribution in [3.05, 3.63) is 75.3 Å². The van der Waals surface area contributed by atoms with Crippen LogP contribution < -0.4 is 0 Å². The van der Waals surface area contributed by atoms with Crippen molar-refractivity contribution in [2.24, 2.45) is 0 Å². The third-order valence-corrected chi connectivity index (χ3v) is 2.67. The van der Waals surface area contributed by atoms with Crippen LogP contribution in [0.4, 0.5) is 5.69 Å². The summed E-state index contributed by atoms with van der Waals surface area (Å²) in [4.78, 5) is 10.6. The van der Waals surface area contributed by atoms with Crippen LogP contribution >= 0.6 is 0 Å². The summed E-state index contributed by atoms with van der Waals surface area (Å²) in [5, 5.41) is 10.9.